The second-order valence-electron chi connectivity index (χ2n) is 8.50. The standard InChI is InChI=1S/C24H27F2N5O/c1-15-6-7-19(17-11-29-30(3)14-17)20(9-15)24(32)31-8-4-5-16(2)22(31)13-28-23-21(26)10-18(25)12-27-23/h6-7,9-12,14,16,22H,4-5,8,13H2,1-3H3,(H,27,28)/t16?,22-/m1/s1. The van der Waals surface area contributed by atoms with Crippen LogP contribution in [0.3, 0.4) is 0 Å². The third kappa shape index (κ3) is 4.49. The van der Waals surface area contributed by atoms with Gasteiger partial charge in [0, 0.05) is 43.5 Å². The molecule has 8 heteroatoms. The van der Waals surface area contributed by atoms with E-state index in [4.69, 9.17) is 0 Å². The van der Waals surface area contributed by atoms with Gasteiger partial charge in [-0.2, -0.15) is 5.10 Å². The van der Waals surface area contributed by atoms with E-state index in [1.807, 2.05) is 43.3 Å². The zero-order chi connectivity index (χ0) is 22.8. The van der Waals surface area contributed by atoms with Crippen LogP contribution in [-0.4, -0.2) is 44.7 Å². The molecule has 0 aliphatic carbocycles. The van der Waals surface area contributed by atoms with Crippen molar-refractivity contribution in [2.75, 3.05) is 18.4 Å². The molecule has 1 aliphatic heterocycles. The molecule has 1 amide bonds. The summed E-state index contributed by atoms with van der Waals surface area (Å²) in [6, 6.07) is 6.51. The zero-order valence-corrected chi connectivity index (χ0v) is 18.5. The summed E-state index contributed by atoms with van der Waals surface area (Å²) in [6.07, 6.45) is 6.50. The first-order valence-electron chi connectivity index (χ1n) is 10.8. The minimum atomic E-state index is -0.746. The number of pyridine rings is 1. The summed E-state index contributed by atoms with van der Waals surface area (Å²) in [6.45, 7) is 5.01. The molecule has 1 unspecified atom stereocenters. The van der Waals surface area contributed by atoms with Crippen LogP contribution in [0.15, 0.2) is 42.9 Å². The Morgan fingerprint density at radius 2 is 2.06 bits per heavy atom. The maximum absolute atomic E-state index is 14.1. The number of likely N-dealkylation sites (tertiary alicyclic amines) is 1. The number of aromatic nitrogens is 3. The maximum atomic E-state index is 14.1. The van der Waals surface area contributed by atoms with Crippen molar-refractivity contribution < 1.29 is 13.6 Å². The van der Waals surface area contributed by atoms with Gasteiger partial charge in [0.05, 0.1) is 18.4 Å². The van der Waals surface area contributed by atoms with Gasteiger partial charge in [0.2, 0.25) is 0 Å². The first-order chi connectivity index (χ1) is 15.3. The van der Waals surface area contributed by atoms with Crippen LogP contribution >= 0.6 is 0 Å². The van der Waals surface area contributed by atoms with Gasteiger partial charge in [-0.05, 0) is 37.3 Å². The van der Waals surface area contributed by atoms with Gasteiger partial charge in [-0.3, -0.25) is 9.48 Å². The van der Waals surface area contributed by atoms with Crippen molar-refractivity contribution in [1.82, 2.24) is 19.7 Å². The number of aryl methyl sites for hydroxylation is 2. The van der Waals surface area contributed by atoms with Crippen molar-refractivity contribution in [3.63, 3.8) is 0 Å². The Morgan fingerprint density at radius 3 is 2.78 bits per heavy atom. The number of piperidine rings is 1. The van der Waals surface area contributed by atoms with Crippen LogP contribution in [-0.2, 0) is 7.05 Å². The van der Waals surface area contributed by atoms with E-state index in [2.05, 4.69) is 22.3 Å². The molecule has 1 aromatic carbocycles. The van der Waals surface area contributed by atoms with Gasteiger partial charge in [-0.15, -0.1) is 0 Å². The largest absolute Gasteiger partial charge is 0.366 e. The van der Waals surface area contributed by atoms with E-state index in [9.17, 15) is 13.6 Å². The first kappa shape index (κ1) is 21.9. The van der Waals surface area contributed by atoms with Crippen molar-refractivity contribution in [3.8, 4) is 11.1 Å². The first-order valence-corrected chi connectivity index (χ1v) is 10.8. The molecule has 168 valence electrons. The molecule has 0 saturated carbocycles. The summed E-state index contributed by atoms with van der Waals surface area (Å²) in [7, 11) is 1.84. The average Bonchev–Trinajstić information content (AvgIpc) is 3.19. The number of hydrogen-bond donors (Lipinski definition) is 1. The van der Waals surface area contributed by atoms with E-state index < -0.39 is 11.6 Å². The van der Waals surface area contributed by atoms with Crippen LogP contribution in [0, 0.1) is 24.5 Å². The van der Waals surface area contributed by atoms with Gasteiger partial charge >= 0.3 is 0 Å². The Hall–Kier alpha value is -3.29. The molecule has 2 atom stereocenters. The summed E-state index contributed by atoms with van der Waals surface area (Å²) in [5.74, 6) is -1.32. The molecular formula is C24H27F2N5O. The number of amides is 1. The lowest BCUT2D eigenvalue weighted by Crippen LogP contribution is -2.51. The molecule has 4 rings (SSSR count). The minimum Gasteiger partial charge on any atom is -0.366 e. The number of rotatable bonds is 5. The van der Waals surface area contributed by atoms with Crippen LogP contribution in [0.2, 0.25) is 0 Å². The lowest BCUT2D eigenvalue weighted by atomic mass is 9.89. The predicted molar refractivity (Wildman–Crippen MR) is 119 cm³/mol. The predicted octanol–water partition coefficient (Wildman–Crippen LogP) is 4.42. The van der Waals surface area contributed by atoms with Crippen LogP contribution in [0.1, 0.15) is 35.7 Å². The van der Waals surface area contributed by atoms with E-state index in [1.165, 1.54) is 0 Å². The van der Waals surface area contributed by atoms with Gasteiger partial charge < -0.3 is 10.2 Å². The van der Waals surface area contributed by atoms with E-state index in [-0.39, 0.29) is 23.7 Å². The molecule has 1 aliphatic rings. The molecule has 2 aromatic heterocycles. The third-order valence-corrected chi connectivity index (χ3v) is 6.08. The number of carbonyl (C=O) groups is 1. The molecule has 32 heavy (non-hydrogen) atoms. The van der Waals surface area contributed by atoms with Gasteiger partial charge in [-0.25, -0.2) is 13.8 Å². The molecule has 0 radical (unpaired) electrons. The second-order valence-corrected chi connectivity index (χ2v) is 8.50. The summed E-state index contributed by atoms with van der Waals surface area (Å²) >= 11 is 0. The fourth-order valence-electron chi connectivity index (χ4n) is 4.36. The van der Waals surface area contributed by atoms with Crippen LogP contribution in [0.4, 0.5) is 14.6 Å². The minimum absolute atomic E-state index is 0.0109. The SMILES string of the molecule is Cc1ccc(-c2cnn(C)c2)c(C(=O)N2CCCC(C)[C@H]2CNc2ncc(F)cc2F)c1. The molecule has 6 nitrogen and oxygen atoms in total. The molecule has 3 heterocycles. The molecule has 0 spiro atoms. The lowest BCUT2D eigenvalue weighted by molar-refractivity contribution is 0.0540. The fourth-order valence-corrected chi connectivity index (χ4v) is 4.36. The van der Waals surface area contributed by atoms with Gasteiger partial charge in [0.25, 0.3) is 5.91 Å². The molecule has 3 aromatic rings. The molecule has 1 fully saturated rings. The highest BCUT2D eigenvalue weighted by molar-refractivity contribution is 6.01. The third-order valence-electron chi connectivity index (χ3n) is 6.08. The number of anilines is 1. The highest BCUT2D eigenvalue weighted by Gasteiger charge is 2.33. The van der Waals surface area contributed by atoms with Gasteiger partial charge in [0.1, 0.15) is 5.82 Å². The summed E-state index contributed by atoms with van der Waals surface area (Å²) in [5.41, 5.74) is 3.35. The van der Waals surface area contributed by atoms with Crippen molar-refractivity contribution in [2.45, 2.75) is 32.7 Å². The van der Waals surface area contributed by atoms with Gasteiger partial charge in [0.15, 0.2) is 11.6 Å². The Morgan fingerprint density at radius 1 is 1.25 bits per heavy atom. The van der Waals surface area contributed by atoms with E-state index in [1.54, 1.807) is 10.9 Å². The van der Waals surface area contributed by atoms with Crippen molar-refractivity contribution in [1.29, 1.82) is 0 Å². The lowest BCUT2D eigenvalue weighted by Gasteiger charge is -2.40. The number of halogens is 2. The summed E-state index contributed by atoms with van der Waals surface area (Å²) < 4.78 is 29.0. The van der Waals surface area contributed by atoms with Crippen LogP contribution in [0.25, 0.3) is 11.1 Å². The van der Waals surface area contributed by atoms with Crippen molar-refractivity contribution in [3.05, 3.63) is 65.6 Å². The number of nitrogens with one attached hydrogen (secondary N) is 1. The average molecular weight is 440 g/mol. The zero-order valence-electron chi connectivity index (χ0n) is 18.5. The normalized spacial score (nSPS) is 18.6. The smallest absolute Gasteiger partial charge is 0.254 e. The van der Waals surface area contributed by atoms with Crippen molar-refractivity contribution in [2.24, 2.45) is 13.0 Å². The highest BCUT2D eigenvalue weighted by atomic mass is 19.1. The number of hydrogen-bond acceptors (Lipinski definition) is 4. The highest BCUT2D eigenvalue weighted by Crippen LogP contribution is 2.30. The quantitative estimate of drug-likeness (QED) is 0.639. The number of nitrogens with zero attached hydrogens (tertiary/aromatic N) is 4. The Labute approximate surface area is 186 Å². The number of carbonyl (C=O) groups excluding carboxylic acids is 1. The second kappa shape index (κ2) is 9.06. The monoisotopic (exact) mass is 439 g/mol. The van der Waals surface area contributed by atoms with Crippen LogP contribution < -0.4 is 5.32 Å². The topological polar surface area (TPSA) is 63.1 Å². The maximum Gasteiger partial charge on any atom is 0.254 e. The Balaban J connectivity index is 1.62. The molecule has 0 bridgehead atoms. The van der Waals surface area contributed by atoms with E-state index >= 15 is 0 Å². The van der Waals surface area contributed by atoms with Crippen LogP contribution in [0.5, 0.6) is 0 Å². The Kier molecular flexibility index (Phi) is 6.21. The summed E-state index contributed by atoms with van der Waals surface area (Å²) in [5, 5.41) is 7.22. The van der Waals surface area contributed by atoms with Crippen molar-refractivity contribution >= 4 is 11.7 Å². The fraction of sp³-hybridized carbons (Fsp3) is 0.375. The Bertz CT molecular complexity index is 1130. The summed E-state index contributed by atoms with van der Waals surface area (Å²) in [4.78, 5) is 19.4. The van der Waals surface area contributed by atoms with E-state index in [0.29, 0.717) is 18.7 Å². The molecular weight excluding hydrogens is 412 g/mol. The molecule has 1 saturated heterocycles. The number of benzene rings is 1. The van der Waals surface area contributed by atoms with Gasteiger partial charge in [-0.1, -0.05) is 24.6 Å². The molecule has 1 N–H and O–H groups in total. The van der Waals surface area contributed by atoms with E-state index in [0.717, 1.165) is 41.8 Å².